The van der Waals surface area contributed by atoms with E-state index in [1.165, 1.54) is 6.20 Å². The van der Waals surface area contributed by atoms with Crippen molar-refractivity contribution in [2.45, 2.75) is 0 Å². The monoisotopic (exact) mass is 447 g/mol. The minimum Gasteiger partial charge on any atom is -0.350 e. The Morgan fingerprint density at radius 1 is 1.38 bits per heavy atom. The number of amides is 2. The number of aromatic amines is 1. The third kappa shape index (κ3) is 3.35. The highest BCUT2D eigenvalue weighted by molar-refractivity contribution is 6.31. The highest BCUT2D eigenvalue weighted by Gasteiger charge is 2.30. The first-order chi connectivity index (χ1) is 15.4. The quantitative estimate of drug-likeness (QED) is 0.498. The molecule has 32 heavy (non-hydrogen) atoms. The number of rotatable bonds is 4. The molecule has 0 atom stereocenters. The lowest BCUT2D eigenvalue weighted by molar-refractivity contribution is -0.135. The van der Waals surface area contributed by atoms with Gasteiger partial charge in [-0.2, -0.15) is 5.26 Å². The van der Waals surface area contributed by atoms with Gasteiger partial charge in [-0.1, -0.05) is 17.7 Å². The fraction of sp³-hybridized carbons (Fsp3) is 0.227. The summed E-state index contributed by atoms with van der Waals surface area (Å²) in [6, 6.07) is 7.76. The van der Waals surface area contributed by atoms with Crippen molar-refractivity contribution in [3.8, 4) is 17.3 Å². The molecule has 10 heteroatoms. The zero-order chi connectivity index (χ0) is 22.4. The summed E-state index contributed by atoms with van der Waals surface area (Å²) in [4.78, 5) is 38.5. The molecule has 3 aromatic heterocycles. The summed E-state index contributed by atoms with van der Waals surface area (Å²) in [5, 5.41) is 13.1. The number of carbonyl (C=O) groups excluding carboxylic acids is 2. The number of aryl methyl sites for hydroxylation is 1. The summed E-state index contributed by atoms with van der Waals surface area (Å²) in [5.41, 5.74) is 3.67. The number of carbonyl (C=O) groups is 2. The lowest BCUT2D eigenvalue weighted by Crippen LogP contribution is -2.52. The smallest absolute Gasteiger partial charge is 0.255 e. The van der Waals surface area contributed by atoms with Gasteiger partial charge in [0, 0.05) is 54.0 Å². The van der Waals surface area contributed by atoms with Crippen molar-refractivity contribution in [3.05, 3.63) is 47.4 Å². The van der Waals surface area contributed by atoms with Gasteiger partial charge >= 0.3 is 0 Å². The van der Waals surface area contributed by atoms with Crippen LogP contribution in [0.1, 0.15) is 10.4 Å². The molecule has 1 fully saturated rings. The van der Waals surface area contributed by atoms with Gasteiger partial charge in [0.2, 0.25) is 5.91 Å². The standard InChI is InChI=1S/C22H18ClN7O2/c1-29-11-16(14-3-2-13(23)4-18(14)29)17-7-26-21-20(28-17)15(6-25-21)22(32)27-8-19(31)30-9-12(5-24)10-30/h2-4,6-7,11-12H,8-10H2,1H3,(H,25,26)(H,27,32). The van der Waals surface area contributed by atoms with E-state index in [2.05, 4.69) is 21.4 Å². The second kappa shape index (κ2) is 7.66. The molecule has 9 nitrogen and oxygen atoms in total. The van der Waals surface area contributed by atoms with E-state index < -0.39 is 5.91 Å². The molecule has 5 rings (SSSR count). The number of fused-ring (bicyclic) bond motifs is 2. The Balaban J connectivity index is 1.40. The van der Waals surface area contributed by atoms with Crippen LogP contribution in [-0.2, 0) is 11.8 Å². The summed E-state index contributed by atoms with van der Waals surface area (Å²) in [5.74, 6) is -0.758. The van der Waals surface area contributed by atoms with Crippen molar-refractivity contribution < 1.29 is 9.59 Å². The Morgan fingerprint density at radius 2 is 2.19 bits per heavy atom. The third-order valence-electron chi connectivity index (χ3n) is 5.67. The summed E-state index contributed by atoms with van der Waals surface area (Å²) in [7, 11) is 1.93. The van der Waals surface area contributed by atoms with Gasteiger partial charge in [0.25, 0.3) is 5.91 Å². The minimum absolute atomic E-state index is 0.123. The number of H-pyrrole nitrogens is 1. The Bertz CT molecular complexity index is 1430. The average molecular weight is 448 g/mol. The molecule has 2 N–H and O–H groups in total. The van der Waals surface area contributed by atoms with Crippen LogP contribution in [0.5, 0.6) is 0 Å². The Hall–Kier alpha value is -3.90. The van der Waals surface area contributed by atoms with E-state index in [9.17, 15) is 9.59 Å². The predicted molar refractivity (Wildman–Crippen MR) is 119 cm³/mol. The second-order valence-electron chi connectivity index (χ2n) is 7.78. The SMILES string of the molecule is Cn1cc(-c2cnc3[nH]cc(C(=O)NCC(=O)N4CC(C#N)C4)c3n2)c2ccc(Cl)cc21. The molecule has 1 aliphatic rings. The van der Waals surface area contributed by atoms with Crippen molar-refractivity contribution in [1.29, 1.82) is 5.26 Å². The van der Waals surface area contributed by atoms with Crippen LogP contribution in [0.4, 0.5) is 0 Å². The molecule has 0 unspecified atom stereocenters. The first-order valence-corrected chi connectivity index (χ1v) is 10.4. The minimum atomic E-state index is -0.418. The maximum Gasteiger partial charge on any atom is 0.255 e. The third-order valence-corrected chi connectivity index (χ3v) is 5.91. The molecular weight excluding hydrogens is 430 g/mol. The summed E-state index contributed by atoms with van der Waals surface area (Å²) in [6.07, 6.45) is 5.14. The molecule has 0 spiro atoms. The number of hydrogen-bond acceptors (Lipinski definition) is 5. The maximum absolute atomic E-state index is 12.7. The molecule has 0 radical (unpaired) electrons. The topological polar surface area (TPSA) is 120 Å². The fourth-order valence-electron chi connectivity index (χ4n) is 3.88. The van der Waals surface area contributed by atoms with Gasteiger partial charge in [0.1, 0.15) is 5.52 Å². The van der Waals surface area contributed by atoms with Gasteiger partial charge < -0.3 is 19.8 Å². The van der Waals surface area contributed by atoms with Crippen LogP contribution in [-0.4, -0.2) is 55.9 Å². The molecule has 0 bridgehead atoms. The van der Waals surface area contributed by atoms with Gasteiger partial charge in [-0.25, -0.2) is 9.97 Å². The summed E-state index contributed by atoms with van der Waals surface area (Å²) < 4.78 is 1.96. The van der Waals surface area contributed by atoms with E-state index in [1.54, 1.807) is 11.1 Å². The van der Waals surface area contributed by atoms with E-state index in [1.807, 2.05) is 36.0 Å². The molecule has 1 saturated heterocycles. The Kier molecular flexibility index (Phi) is 4.79. The lowest BCUT2D eigenvalue weighted by atomic mass is 10.0. The van der Waals surface area contributed by atoms with Crippen LogP contribution in [0.2, 0.25) is 5.02 Å². The molecule has 160 valence electrons. The van der Waals surface area contributed by atoms with E-state index >= 15 is 0 Å². The molecule has 0 aliphatic carbocycles. The molecule has 4 aromatic rings. The molecule has 2 amide bonds. The molecule has 0 saturated carbocycles. The van der Waals surface area contributed by atoms with Crippen molar-refractivity contribution in [1.82, 2.24) is 29.7 Å². The van der Waals surface area contributed by atoms with Gasteiger partial charge in [-0.3, -0.25) is 9.59 Å². The van der Waals surface area contributed by atoms with Crippen LogP contribution in [0.3, 0.4) is 0 Å². The normalized spacial score (nSPS) is 13.8. The van der Waals surface area contributed by atoms with Crippen LogP contribution in [0, 0.1) is 17.2 Å². The van der Waals surface area contributed by atoms with E-state index in [0.29, 0.717) is 40.5 Å². The highest BCUT2D eigenvalue weighted by Crippen LogP contribution is 2.31. The van der Waals surface area contributed by atoms with Gasteiger partial charge in [-0.05, 0) is 12.1 Å². The average Bonchev–Trinajstić information content (AvgIpc) is 3.32. The maximum atomic E-state index is 12.7. The number of nitrogens with zero attached hydrogens (tertiary/aromatic N) is 5. The largest absolute Gasteiger partial charge is 0.350 e. The number of aromatic nitrogens is 4. The number of likely N-dealkylation sites (tertiary alicyclic amines) is 1. The first-order valence-electron chi connectivity index (χ1n) is 9.99. The highest BCUT2D eigenvalue weighted by atomic mass is 35.5. The number of nitrogens with one attached hydrogen (secondary N) is 2. The van der Waals surface area contributed by atoms with Crippen LogP contribution >= 0.6 is 11.6 Å². The second-order valence-corrected chi connectivity index (χ2v) is 8.21. The lowest BCUT2D eigenvalue weighted by Gasteiger charge is -2.35. The van der Waals surface area contributed by atoms with Gasteiger partial charge in [0.05, 0.1) is 36.0 Å². The van der Waals surface area contributed by atoms with Crippen molar-refractivity contribution in [2.24, 2.45) is 13.0 Å². The van der Waals surface area contributed by atoms with E-state index in [-0.39, 0.29) is 18.4 Å². The van der Waals surface area contributed by atoms with Crippen molar-refractivity contribution in [2.75, 3.05) is 19.6 Å². The van der Waals surface area contributed by atoms with Crippen molar-refractivity contribution in [3.63, 3.8) is 0 Å². The zero-order valence-corrected chi connectivity index (χ0v) is 17.8. The zero-order valence-electron chi connectivity index (χ0n) is 17.1. The van der Waals surface area contributed by atoms with E-state index in [4.69, 9.17) is 21.8 Å². The number of hydrogen-bond donors (Lipinski definition) is 2. The Morgan fingerprint density at radius 3 is 2.97 bits per heavy atom. The molecule has 4 heterocycles. The Labute approximate surface area is 187 Å². The van der Waals surface area contributed by atoms with Gasteiger partial charge in [0.15, 0.2) is 5.65 Å². The van der Waals surface area contributed by atoms with Gasteiger partial charge in [-0.15, -0.1) is 0 Å². The molecule has 1 aliphatic heterocycles. The number of nitriles is 1. The van der Waals surface area contributed by atoms with Crippen LogP contribution < -0.4 is 5.32 Å². The number of halogens is 1. The predicted octanol–water partition coefficient (Wildman–Crippen LogP) is 2.48. The fourth-order valence-corrected chi connectivity index (χ4v) is 4.05. The van der Waals surface area contributed by atoms with Crippen molar-refractivity contribution >= 4 is 45.5 Å². The summed E-state index contributed by atoms with van der Waals surface area (Å²) >= 11 is 6.13. The first kappa shape index (κ1) is 20.0. The summed E-state index contributed by atoms with van der Waals surface area (Å²) in [6.45, 7) is 0.674. The molecule has 1 aromatic carbocycles. The van der Waals surface area contributed by atoms with E-state index in [0.717, 1.165) is 16.5 Å². The van der Waals surface area contributed by atoms with Crippen LogP contribution in [0.25, 0.3) is 33.3 Å². The van der Waals surface area contributed by atoms with Crippen LogP contribution in [0.15, 0.2) is 36.8 Å². The number of benzene rings is 1. The molecular formula is C22H18ClN7O2.